The molecule has 0 saturated heterocycles. The van der Waals surface area contributed by atoms with Gasteiger partial charge in [-0.25, -0.2) is 0 Å². The first-order valence-electron chi connectivity index (χ1n) is 6.29. The average Bonchev–Trinajstić information content (AvgIpc) is 3.09. The molecule has 1 heterocycles. The van der Waals surface area contributed by atoms with E-state index in [0.29, 0.717) is 6.54 Å². The lowest BCUT2D eigenvalue weighted by Gasteiger charge is -2.07. The standard InChI is InChI=1S/C14H18N2O/c17-9-8-16-7-6-13-11(2-1-3-14(13)16)10-15-12-4-5-12/h1-3,6-7,12,15,17H,4-5,8-10H2. The lowest BCUT2D eigenvalue weighted by molar-refractivity contribution is 0.278. The molecule has 17 heavy (non-hydrogen) atoms. The first-order valence-corrected chi connectivity index (χ1v) is 6.29. The summed E-state index contributed by atoms with van der Waals surface area (Å²) in [5.41, 5.74) is 2.57. The Morgan fingerprint density at radius 3 is 2.94 bits per heavy atom. The molecule has 0 aliphatic heterocycles. The van der Waals surface area contributed by atoms with Gasteiger partial charge in [0.05, 0.1) is 6.61 Å². The monoisotopic (exact) mass is 230 g/mol. The Hall–Kier alpha value is -1.32. The molecule has 0 bridgehead atoms. The summed E-state index contributed by atoms with van der Waals surface area (Å²) in [6.07, 6.45) is 4.70. The average molecular weight is 230 g/mol. The van der Waals surface area contributed by atoms with Gasteiger partial charge in [-0.2, -0.15) is 0 Å². The van der Waals surface area contributed by atoms with Crippen molar-refractivity contribution in [2.75, 3.05) is 6.61 Å². The van der Waals surface area contributed by atoms with Gasteiger partial charge in [-0.05, 0) is 30.5 Å². The SMILES string of the molecule is OCCn1ccc2c(CNC3CC3)cccc21. The smallest absolute Gasteiger partial charge is 0.0610 e. The van der Waals surface area contributed by atoms with Crippen molar-refractivity contribution in [2.45, 2.75) is 32.0 Å². The molecule has 2 aromatic rings. The predicted molar refractivity (Wildman–Crippen MR) is 68.9 cm³/mol. The summed E-state index contributed by atoms with van der Waals surface area (Å²) in [6, 6.07) is 9.28. The van der Waals surface area contributed by atoms with Crippen LogP contribution in [0.1, 0.15) is 18.4 Å². The molecule has 3 nitrogen and oxygen atoms in total. The number of hydrogen-bond donors (Lipinski definition) is 2. The number of hydrogen-bond acceptors (Lipinski definition) is 2. The van der Waals surface area contributed by atoms with Crippen molar-refractivity contribution < 1.29 is 5.11 Å². The van der Waals surface area contributed by atoms with E-state index in [0.717, 1.165) is 12.6 Å². The van der Waals surface area contributed by atoms with Crippen molar-refractivity contribution in [3.8, 4) is 0 Å². The predicted octanol–water partition coefficient (Wildman–Crippen LogP) is 1.89. The zero-order valence-electron chi connectivity index (χ0n) is 9.89. The van der Waals surface area contributed by atoms with Gasteiger partial charge in [-0.3, -0.25) is 0 Å². The first-order chi connectivity index (χ1) is 8.38. The lowest BCUT2D eigenvalue weighted by Crippen LogP contribution is -2.15. The minimum Gasteiger partial charge on any atom is -0.395 e. The van der Waals surface area contributed by atoms with E-state index in [2.05, 4.69) is 40.3 Å². The molecule has 3 rings (SSSR count). The van der Waals surface area contributed by atoms with Gasteiger partial charge in [-0.1, -0.05) is 12.1 Å². The summed E-state index contributed by atoms with van der Waals surface area (Å²) in [4.78, 5) is 0. The molecule has 1 saturated carbocycles. The van der Waals surface area contributed by atoms with E-state index < -0.39 is 0 Å². The van der Waals surface area contributed by atoms with Crippen LogP contribution in [0, 0.1) is 0 Å². The Bertz CT molecular complexity index is 514. The minimum absolute atomic E-state index is 0.189. The van der Waals surface area contributed by atoms with Crippen LogP contribution in [-0.2, 0) is 13.1 Å². The zero-order valence-corrected chi connectivity index (χ0v) is 9.89. The fraction of sp³-hybridized carbons (Fsp3) is 0.429. The molecular formula is C14H18N2O. The summed E-state index contributed by atoms with van der Waals surface area (Å²) >= 11 is 0. The number of aliphatic hydroxyl groups excluding tert-OH is 1. The summed E-state index contributed by atoms with van der Waals surface area (Å²) in [5, 5.41) is 13.9. The van der Waals surface area contributed by atoms with Crippen molar-refractivity contribution in [1.29, 1.82) is 0 Å². The number of fused-ring (bicyclic) bond motifs is 1. The van der Waals surface area contributed by atoms with Gasteiger partial charge >= 0.3 is 0 Å². The van der Waals surface area contributed by atoms with Gasteiger partial charge in [0, 0.05) is 36.2 Å². The number of nitrogens with one attached hydrogen (secondary N) is 1. The Morgan fingerprint density at radius 1 is 1.29 bits per heavy atom. The van der Waals surface area contributed by atoms with E-state index >= 15 is 0 Å². The molecule has 1 aromatic heterocycles. The van der Waals surface area contributed by atoms with Crippen molar-refractivity contribution in [3.63, 3.8) is 0 Å². The Balaban J connectivity index is 1.89. The molecule has 0 atom stereocenters. The number of rotatable bonds is 5. The van der Waals surface area contributed by atoms with Crippen LogP contribution in [0.4, 0.5) is 0 Å². The highest BCUT2D eigenvalue weighted by atomic mass is 16.3. The quantitative estimate of drug-likeness (QED) is 0.823. The molecule has 1 aliphatic rings. The number of benzene rings is 1. The molecule has 0 radical (unpaired) electrons. The molecular weight excluding hydrogens is 212 g/mol. The van der Waals surface area contributed by atoms with Gasteiger partial charge in [0.2, 0.25) is 0 Å². The van der Waals surface area contributed by atoms with Gasteiger partial charge in [0.15, 0.2) is 0 Å². The van der Waals surface area contributed by atoms with Crippen LogP contribution in [0.5, 0.6) is 0 Å². The maximum atomic E-state index is 9.02. The van der Waals surface area contributed by atoms with Gasteiger partial charge < -0.3 is 15.0 Å². The molecule has 1 aliphatic carbocycles. The molecule has 0 amide bonds. The van der Waals surface area contributed by atoms with E-state index in [1.54, 1.807) is 0 Å². The number of nitrogens with zero attached hydrogens (tertiary/aromatic N) is 1. The van der Waals surface area contributed by atoms with Crippen molar-refractivity contribution in [2.24, 2.45) is 0 Å². The molecule has 90 valence electrons. The van der Waals surface area contributed by atoms with Gasteiger partial charge in [0.1, 0.15) is 0 Å². The van der Waals surface area contributed by atoms with Crippen LogP contribution in [0.25, 0.3) is 10.9 Å². The first kappa shape index (κ1) is 10.8. The van der Waals surface area contributed by atoms with Crippen LogP contribution in [0.3, 0.4) is 0 Å². The summed E-state index contributed by atoms with van der Waals surface area (Å²) in [6.45, 7) is 1.81. The van der Waals surface area contributed by atoms with Crippen LogP contribution in [-0.4, -0.2) is 22.3 Å². The number of aliphatic hydroxyl groups is 1. The normalized spacial score (nSPS) is 15.6. The lowest BCUT2D eigenvalue weighted by atomic mass is 10.1. The van der Waals surface area contributed by atoms with E-state index in [9.17, 15) is 0 Å². The third kappa shape index (κ3) is 2.21. The molecule has 0 spiro atoms. The second-order valence-electron chi connectivity index (χ2n) is 4.74. The molecule has 1 fully saturated rings. The van der Waals surface area contributed by atoms with Crippen molar-refractivity contribution >= 4 is 10.9 Å². The Morgan fingerprint density at radius 2 is 2.18 bits per heavy atom. The second kappa shape index (κ2) is 4.51. The topological polar surface area (TPSA) is 37.2 Å². The van der Waals surface area contributed by atoms with E-state index in [1.165, 1.54) is 29.3 Å². The summed E-state index contributed by atoms with van der Waals surface area (Å²) in [5.74, 6) is 0. The fourth-order valence-corrected chi connectivity index (χ4v) is 2.29. The van der Waals surface area contributed by atoms with Crippen LogP contribution < -0.4 is 5.32 Å². The zero-order chi connectivity index (χ0) is 11.7. The Labute approximate surface area is 101 Å². The molecule has 0 unspecified atom stereocenters. The Kier molecular flexibility index (Phi) is 2.87. The molecule has 3 heteroatoms. The van der Waals surface area contributed by atoms with Crippen molar-refractivity contribution in [3.05, 3.63) is 36.0 Å². The largest absolute Gasteiger partial charge is 0.395 e. The third-order valence-electron chi connectivity index (χ3n) is 3.40. The van der Waals surface area contributed by atoms with Gasteiger partial charge in [0.25, 0.3) is 0 Å². The summed E-state index contributed by atoms with van der Waals surface area (Å²) < 4.78 is 2.11. The maximum Gasteiger partial charge on any atom is 0.0610 e. The van der Waals surface area contributed by atoms with Crippen LogP contribution in [0.2, 0.25) is 0 Å². The highest BCUT2D eigenvalue weighted by molar-refractivity contribution is 5.83. The highest BCUT2D eigenvalue weighted by Gasteiger charge is 2.20. The maximum absolute atomic E-state index is 9.02. The van der Waals surface area contributed by atoms with E-state index in [1.807, 2.05) is 0 Å². The van der Waals surface area contributed by atoms with Crippen LogP contribution in [0.15, 0.2) is 30.5 Å². The third-order valence-corrected chi connectivity index (χ3v) is 3.40. The fourth-order valence-electron chi connectivity index (χ4n) is 2.29. The number of aromatic nitrogens is 1. The van der Waals surface area contributed by atoms with E-state index in [-0.39, 0.29) is 6.61 Å². The molecule has 2 N–H and O–H groups in total. The highest BCUT2D eigenvalue weighted by Crippen LogP contribution is 2.23. The van der Waals surface area contributed by atoms with Gasteiger partial charge in [-0.15, -0.1) is 0 Å². The minimum atomic E-state index is 0.189. The second-order valence-corrected chi connectivity index (χ2v) is 4.74. The van der Waals surface area contributed by atoms with Crippen LogP contribution >= 0.6 is 0 Å². The van der Waals surface area contributed by atoms with E-state index in [4.69, 9.17) is 5.11 Å². The summed E-state index contributed by atoms with van der Waals surface area (Å²) in [7, 11) is 0. The van der Waals surface area contributed by atoms with Crippen molar-refractivity contribution in [1.82, 2.24) is 9.88 Å². The molecule has 1 aromatic carbocycles.